The van der Waals surface area contributed by atoms with E-state index in [-0.39, 0.29) is 0 Å². The van der Waals surface area contributed by atoms with Crippen LogP contribution in [0, 0.1) is 0 Å². The second kappa shape index (κ2) is 3.11. The lowest BCUT2D eigenvalue weighted by Crippen LogP contribution is -2.20. The van der Waals surface area contributed by atoms with E-state index < -0.39 is 0 Å². The molecule has 12 heavy (non-hydrogen) atoms. The van der Waals surface area contributed by atoms with Crippen molar-refractivity contribution in [2.75, 3.05) is 7.05 Å². The zero-order chi connectivity index (χ0) is 8.55. The van der Waals surface area contributed by atoms with E-state index >= 15 is 0 Å². The molecule has 1 atom stereocenters. The van der Waals surface area contributed by atoms with Crippen LogP contribution < -0.4 is 5.32 Å². The Hall–Kier alpha value is -0.470. The van der Waals surface area contributed by atoms with Crippen molar-refractivity contribution >= 4 is 11.6 Å². The van der Waals surface area contributed by atoms with Crippen molar-refractivity contribution in [2.45, 2.75) is 25.3 Å². The molecule has 0 saturated carbocycles. The Labute approximate surface area is 77.3 Å². The first-order valence-corrected chi connectivity index (χ1v) is 4.73. The first kappa shape index (κ1) is 8.14. The van der Waals surface area contributed by atoms with Crippen LogP contribution >= 0.6 is 11.6 Å². The van der Waals surface area contributed by atoms with Gasteiger partial charge in [0.05, 0.1) is 0 Å². The predicted molar refractivity (Wildman–Crippen MR) is 50.5 cm³/mol. The van der Waals surface area contributed by atoms with Gasteiger partial charge >= 0.3 is 0 Å². The molecule has 3 heteroatoms. The summed E-state index contributed by atoms with van der Waals surface area (Å²) in [5.41, 5.74) is 2.66. The van der Waals surface area contributed by atoms with Gasteiger partial charge in [0.2, 0.25) is 0 Å². The number of halogens is 1. The van der Waals surface area contributed by atoms with Gasteiger partial charge in [-0.15, -0.1) is 0 Å². The van der Waals surface area contributed by atoms with Crippen molar-refractivity contribution in [1.29, 1.82) is 0 Å². The summed E-state index contributed by atoms with van der Waals surface area (Å²) < 4.78 is 0. The molecular formula is C9H13ClN2. The maximum Gasteiger partial charge on any atom is 0.109 e. The minimum atomic E-state index is 0.498. The van der Waals surface area contributed by atoms with Crippen LogP contribution in [0.1, 0.15) is 30.0 Å². The van der Waals surface area contributed by atoms with Crippen molar-refractivity contribution in [3.05, 3.63) is 22.5 Å². The number of hydrogen-bond acceptors (Lipinski definition) is 1. The number of aromatic nitrogens is 1. The smallest absolute Gasteiger partial charge is 0.109 e. The summed E-state index contributed by atoms with van der Waals surface area (Å²) in [6.07, 6.45) is 5.60. The fourth-order valence-corrected chi connectivity index (χ4v) is 2.20. The summed E-state index contributed by atoms with van der Waals surface area (Å²) in [4.78, 5) is 3.07. The number of nitrogens with one attached hydrogen (secondary N) is 2. The molecule has 0 bridgehead atoms. The molecule has 0 saturated heterocycles. The molecule has 2 rings (SSSR count). The maximum absolute atomic E-state index is 6.00. The van der Waals surface area contributed by atoms with Gasteiger partial charge in [0.1, 0.15) is 5.15 Å². The van der Waals surface area contributed by atoms with Crippen LogP contribution in [0.5, 0.6) is 0 Å². The summed E-state index contributed by atoms with van der Waals surface area (Å²) >= 11 is 6.00. The van der Waals surface area contributed by atoms with Gasteiger partial charge < -0.3 is 10.3 Å². The van der Waals surface area contributed by atoms with Crippen molar-refractivity contribution in [2.24, 2.45) is 0 Å². The number of aromatic amines is 1. The highest BCUT2D eigenvalue weighted by molar-refractivity contribution is 6.30. The normalized spacial score (nSPS) is 22.3. The zero-order valence-electron chi connectivity index (χ0n) is 7.15. The Morgan fingerprint density at radius 1 is 1.67 bits per heavy atom. The summed E-state index contributed by atoms with van der Waals surface area (Å²) in [6.45, 7) is 0. The van der Waals surface area contributed by atoms with Gasteiger partial charge in [-0.05, 0) is 37.4 Å². The lowest BCUT2D eigenvalue weighted by atomic mass is 9.91. The molecule has 0 aliphatic heterocycles. The molecule has 66 valence electrons. The molecule has 2 nitrogen and oxygen atoms in total. The second-order valence-corrected chi connectivity index (χ2v) is 3.65. The van der Waals surface area contributed by atoms with E-state index in [2.05, 4.69) is 10.3 Å². The number of hydrogen-bond donors (Lipinski definition) is 2. The quantitative estimate of drug-likeness (QED) is 0.689. The molecule has 2 N–H and O–H groups in total. The Bertz CT molecular complexity index is 280. The van der Waals surface area contributed by atoms with E-state index in [0.29, 0.717) is 6.04 Å². The molecule has 1 heterocycles. The molecule has 0 radical (unpaired) electrons. The fraction of sp³-hybridized carbons (Fsp3) is 0.556. The van der Waals surface area contributed by atoms with Crippen molar-refractivity contribution in [1.82, 2.24) is 10.3 Å². The van der Waals surface area contributed by atoms with Crippen LogP contribution in [0.4, 0.5) is 0 Å². The number of H-pyrrole nitrogens is 1. The molecule has 1 aliphatic carbocycles. The SMILES string of the molecule is CNC1CCCc2c1c[nH]c2Cl. The van der Waals surface area contributed by atoms with E-state index in [9.17, 15) is 0 Å². The third-order valence-corrected chi connectivity index (χ3v) is 2.95. The third kappa shape index (κ3) is 1.15. The van der Waals surface area contributed by atoms with Gasteiger partial charge in [0.25, 0.3) is 0 Å². The molecule has 0 spiro atoms. The molecule has 0 aromatic carbocycles. The van der Waals surface area contributed by atoms with Crippen LogP contribution in [-0.2, 0) is 6.42 Å². The van der Waals surface area contributed by atoms with Crippen LogP contribution in [0.15, 0.2) is 6.20 Å². The Morgan fingerprint density at radius 2 is 2.50 bits per heavy atom. The van der Waals surface area contributed by atoms with Crippen LogP contribution in [-0.4, -0.2) is 12.0 Å². The molecule has 1 aromatic rings. The van der Waals surface area contributed by atoms with E-state index in [1.165, 1.54) is 24.0 Å². The van der Waals surface area contributed by atoms with Crippen molar-refractivity contribution < 1.29 is 0 Å². The van der Waals surface area contributed by atoms with E-state index in [4.69, 9.17) is 11.6 Å². The Kier molecular flexibility index (Phi) is 2.11. The topological polar surface area (TPSA) is 27.8 Å². The lowest BCUT2D eigenvalue weighted by molar-refractivity contribution is 0.499. The first-order chi connectivity index (χ1) is 5.83. The summed E-state index contributed by atoms with van der Waals surface area (Å²) in [5, 5.41) is 4.12. The van der Waals surface area contributed by atoms with Gasteiger partial charge in [0.15, 0.2) is 0 Å². The Balaban J connectivity index is 2.38. The molecule has 1 unspecified atom stereocenters. The average molecular weight is 185 g/mol. The predicted octanol–water partition coefficient (Wildman–Crippen LogP) is 2.26. The van der Waals surface area contributed by atoms with E-state index in [0.717, 1.165) is 11.6 Å². The van der Waals surface area contributed by atoms with Crippen molar-refractivity contribution in [3.8, 4) is 0 Å². The van der Waals surface area contributed by atoms with Crippen LogP contribution in [0.2, 0.25) is 5.15 Å². The molecular weight excluding hydrogens is 172 g/mol. The largest absolute Gasteiger partial charge is 0.352 e. The summed E-state index contributed by atoms with van der Waals surface area (Å²) in [6, 6.07) is 0.498. The van der Waals surface area contributed by atoms with Gasteiger partial charge in [-0.1, -0.05) is 11.6 Å². The fourth-order valence-electron chi connectivity index (χ4n) is 1.95. The van der Waals surface area contributed by atoms with Gasteiger partial charge in [0, 0.05) is 12.2 Å². The third-order valence-electron chi connectivity index (χ3n) is 2.61. The maximum atomic E-state index is 6.00. The highest BCUT2D eigenvalue weighted by Gasteiger charge is 2.21. The molecule has 1 aliphatic rings. The second-order valence-electron chi connectivity index (χ2n) is 3.27. The highest BCUT2D eigenvalue weighted by atomic mass is 35.5. The summed E-state index contributed by atoms with van der Waals surface area (Å²) in [7, 11) is 2.00. The minimum absolute atomic E-state index is 0.498. The molecule has 1 aromatic heterocycles. The monoisotopic (exact) mass is 184 g/mol. The minimum Gasteiger partial charge on any atom is -0.352 e. The van der Waals surface area contributed by atoms with Crippen LogP contribution in [0.3, 0.4) is 0 Å². The lowest BCUT2D eigenvalue weighted by Gasteiger charge is -2.21. The molecule has 0 amide bonds. The average Bonchev–Trinajstić information content (AvgIpc) is 2.48. The molecule has 0 fully saturated rings. The van der Waals surface area contributed by atoms with E-state index in [1.807, 2.05) is 13.2 Å². The zero-order valence-corrected chi connectivity index (χ0v) is 7.91. The first-order valence-electron chi connectivity index (χ1n) is 4.36. The van der Waals surface area contributed by atoms with Crippen molar-refractivity contribution in [3.63, 3.8) is 0 Å². The number of rotatable bonds is 1. The Morgan fingerprint density at radius 3 is 3.25 bits per heavy atom. The van der Waals surface area contributed by atoms with Gasteiger partial charge in [-0.3, -0.25) is 0 Å². The standard InChI is InChI=1S/C9H13ClN2/c1-11-8-4-2-3-6-7(8)5-12-9(6)10/h5,8,11-12H,2-4H2,1H3. The number of fused-ring (bicyclic) bond motifs is 1. The highest BCUT2D eigenvalue weighted by Crippen LogP contribution is 2.33. The van der Waals surface area contributed by atoms with E-state index in [1.54, 1.807) is 0 Å². The van der Waals surface area contributed by atoms with Crippen LogP contribution in [0.25, 0.3) is 0 Å². The van der Waals surface area contributed by atoms with Gasteiger partial charge in [-0.2, -0.15) is 0 Å². The van der Waals surface area contributed by atoms with Gasteiger partial charge in [-0.25, -0.2) is 0 Å². The summed E-state index contributed by atoms with van der Waals surface area (Å²) in [5.74, 6) is 0.